The third-order valence-corrected chi connectivity index (χ3v) is 4.19. The highest BCUT2D eigenvalue weighted by Gasteiger charge is 2.20. The monoisotopic (exact) mass is 318 g/mol. The van der Waals surface area contributed by atoms with Crippen LogP contribution in [-0.2, 0) is 10.0 Å². The van der Waals surface area contributed by atoms with Gasteiger partial charge in [0.25, 0.3) is 10.0 Å². The molecule has 0 bridgehead atoms. The number of benzene rings is 2. The number of nitrogens with two attached hydrogens (primary N) is 1. The fourth-order valence-corrected chi connectivity index (χ4v) is 2.95. The molecule has 0 spiro atoms. The van der Waals surface area contributed by atoms with Gasteiger partial charge in [0.2, 0.25) is 0 Å². The smallest absolute Gasteiger partial charge is 0.264 e. The van der Waals surface area contributed by atoms with Crippen molar-refractivity contribution in [1.29, 1.82) is 0 Å². The third-order valence-electron chi connectivity index (χ3n) is 2.44. The SMILES string of the molecule is Nc1ccc(F)cc1S(=O)(=O)Nc1cc(F)ccc1Cl. The molecule has 0 aliphatic heterocycles. The Balaban J connectivity index is 2.46. The maximum Gasteiger partial charge on any atom is 0.264 e. The summed E-state index contributed by atoms with van der Waals surface area (Å²) in [6.45, 7) is 0. The van der Waals surface area contributed by atoms with Crippen LogP contribution in [0.5, 0.6) is 0 Å². The quantitative estimate of drug-likeness (QED) is 0.854. The lowest BCUT2D eigenvalue weighted by Gasteiger charge is -2.11. The predicted molar refractivity (Wildman–Crippen MR) is 73.0 cm³/mol. The number of anilines is 2. The molecule has 0 unspecified atom stereocenters. The predicted octanol–water partition coefficient (Wildman–Crippen LogP) is 3.00. The molecule has 0 saturated carbocycles. The second-order valence-electron chi connectivity index (χ2n) is 3.91. The molecule has 0 fully saturated rings. The highest BCUT2D eigenvalue weighted by molar-refractivity contribution is 7.92. The number of sulfonamides is 1. The Morgan fingerprint density at radius 3 is 2.35 bits per heavy atom. The highest BCUT2D eigenvalue weighted by atomic mass is 35.5. The van der Waals surface area contributed by atoms with E-state index in [1.165, 1.54) is 6.07 Å². The average Bonchev–Trinajstić information content (AvgIpc) is 2.36. The van der Waals surface area contributed by atoms with Gasteiger partial charge in [-0.15, -0.1) is 0 Å². The van der Waals surface area contributed by atoms with Crippen LogP contribution in [0.1, 0.15) is 0 Å². The van der Waals surface area contributed by atoms with Crippen LogP contribution >= 0.6 is 11.6 Å². The molecule has 20 heavy (non-hydrogen) atoms. The number of hydrogen-bond donors (Lipinski definition) is 2. The lowest BCUT2D eigenvalue weighted by atomic mass is 10.3. The molecule has 0 radical (unpaired) electrons. The molecule has 0 aromatic heterocycles. The lowest BCUT2D eigenvalue weighted by Crippen LogP contribution is -2.15. The summed E-state index contributed by atoms with van der Waals surface area (Å²) in [5, 5.41) is 0.00458. The summed E-state index contributed by atoms with van der Waals surface area (Å²) >= 11 is 5.76. The molecule has 0 atom stereocenters. The van der Waals surface area contributed by atoms with Gasteiger partial charge >= 0.3 is 0 Å². The van der Waals surface area contributed by atoms with Crippen LogP contribution < -0.4 is 10.5 Å². The van der Waals surface area contributed by atoms with Crippen LogP contribution in [0.25, 0.3) is 0 Å². The van der Waals surface area contributed by atoms with Crippen molar-refractivity contribution in [3.05, 3.63) is 53.1 Å². The van der Waals surface area contributed by atoms with Gasteiger partial charge in [0.15, 0.2) is 0 Å². The van der Waals surface area contributed by atoms with E-state index >= 15 is 0 Å². The zero-order valence-electron chi connectivity index (χ0n) is 9.90. The van der Waals surface area contributed by atoms with Gasteiger partial charge in [0, 0.05) is 0 Å². The van der Waals surface area contributed by atoms with Crippen LogP contribution in [0.4, 0.5) is 20.2 Å². The summed E-state index contributed by atoms with van der Waals surface area (Å²) in [5.74, 6) is -1.43. The molecule has 0 amide bonds. The summed E-state index contributed by atoms with van der Waals surface area (Å²) in [5.41, 5.74) is 5.21. The van der Waals surface area contributed by atoms with Crippen molar-refractivity contribution in [1.82, 2.24) is 0 Å². The Labute approximate surface area is 119 Å². The normalized spacial score (nSPS) is 11.3. The second-order valence-corrected chi connectivity index (χ2v) is 5.97. The molecule has 2 aromatic carbocycles. The first-order chi connectivity index (χ1) is 9.29. The van der Waals surface area contributed by atoms with Crippen molar-refractivity contribution < 1.29 is 17.2 Å². The topological polar surface area (TPSA) is 72.2 Å². The van der Waals surface area contributed by atoms with Gasteiger partial charge in [-0.25, -0.2) is 17.2 Å². The molecule has 4 nitrogen and oxygen atoms in total. The van der Waals surface area contributed by atoms with Gasteiger partial charge in [0.05, 0.1) is 16.4 Å². The van der Waals surface area contributed by atoms with Crippen molar-refractivity contribution in [2.75, 3.05) is 10.5 Å². The van der Waals surface area contributed by atoms with E-state index < -0.39 is 26.6 Å². The summed E-state index contributed by atoms with van der Waals surface area (Å²) < 4.78 is 52.5. The highest BCUT2D eigenvalue weighted by Crippen LogP contribution is 2.27. The molecule has 0 aliphatic rings. The van der Waals surface area contributed by atoms with Gasteiger partial charge in [-0.1, -0.05) is 11.6 Å². The molecular formula is C12H9ClF2N2O2S. The summed E-state index contributed by atoms with van der Waals surface area (Å²) in [7, 11) is -4.17. The van der Waals surface area contributed by atoms with E-state index in [9.17, 15) is 17.2 Å². The molecule has 8 heteroatoms. The zero-order valence-corrected chi connectivity index (χ0v) is 11.5. The Morgan fingerprint density at radius 2 is 1.65 bits per heavy atom. The second kappa shape index (κ2) is 5.26. The maximum atomic E-state index is 13.1. The van der Waals surface area contributed by atoms with E-state index in [4.69, 9.17) is 17.3 Å². The minimum atomic E-state index is -4.17. The van der Waals surface area contributed by atoms with Crippen molar-refractivity contribution in [2.24, 2.45) is 0 Å². The van der Waals surface area contributed by atoms with Crippen LogP contribution in [-0.4, -0.2) is 8.42 Å². The minimum absolute atomic E-state index is 0.00458. The van der Waals surface area contributed by atoms with Crippen LogP contribution in [0.2, 0.25) is 5.02 Å². The van der Waals surface area contributed by atoms with Gasteiger partial charge in [-0.05, 0) is 36.4 Å². The average molecular weight is 319 g/mol. The van der Waals surface area contributed by atoms with E-state index in [-0.39, 0.29) is 16.4 Å². The summed E-state index contributed by atoms with van der Waals surface area (Å²) in [4.78, 5) is -0.446. The van der Waals surface area contributed by atoms with E-state index in [0.29, 0.717) is 0 Å². The van der Waals surface area contributed by atoms with E-state index in [1.807, 2.05) is 0 Å². The first kappa shape index (κ1) is 14.5. The lowest BCUT2D eigenvalue weighted by molar-refractivity contribution is 0.596. The Bertz CT molecular complexity index is 766. The minimum Gasteiger partial charge on any atom is -0.398 e. The Kier molecular flexibility index (Phi) is 3.82. The Morgan fingerprint density at radius 1 is 1.05 bits per heavy atom. The van der Waals surface area contributed by atoms with Gasteiger partial charge in [-0.3, -0.25) is 4.72 Å². The molecule has 2 aromatic rings. The molecule has 106 valence electrons. The van der Waals surface area contributed by atoms with Gasteiger partial charge in [0.1, 0.15) is 16.5 Å². The number of nitrogen functional groups attached to an aromatic ring is 1. The molecule has 3 N–H and O–H groups in total. The Hall–Kier alpha value is -1.86. The van der Waals surface area contributed by atoms with Crippen molar-refractivity contribution in [3.63, 3.8) is 0 Å². The van der Waals surface area contributed by atoms with Crippen molar-refractivity contribution in [3.8, 4) is 0 Å². The molecule has 0 aliphatic carbocycles. The fourth-order valence-electron chi connectivity index (χ4n) is 1.52. The fraction of sp³-hybridized carbons (Fsp3) is 0. The van der Waals surface area contributed by atoms with E-state index in [0.717, 1.165) is 30.3 Å². The van der Waals surface area contributed by atoms with Crippen molar-refractivity contribution in [2.45, 2.75) is 4.90 Å². The first-order valence-electron chi connectivity index (χ1n) is 5.32. The van der Waals surface area contributed by atoms with Crippen LogP contribution in [0.3, 0.4) is 0 Å². The first-order valence-corrected chi connectivity index (χ1v) is 7.18. The van der Waals surface area contributed by atoms with Gasteiger partial charge in [-0.2, -0.15) is 0 Å². The standard InChI is InChI=1S/C12H9ClF2N2O2S/c13-9-3-1-7(14)5-11(9)17-20(18,19)12-6-8(15)2-4-10(12)16/h1-6,17H,16H2. The zero-order chi connectivity index (χ0) is 14.9. The molecule has 0 saturated heterocycles. The largest absolute Gasteiger partial charge is 0.398 e. The van der Waals surface area contributed by atoms with Crippen LogP contribution in [0.15, 0.2) is 41.3 Å². The number of hydrogen-bond acceptors (Lipinski definition) is 3. The summed E-state index contributed by atoms with van der Waals surface area (Å²) in [6.07, 6.45) is 0. The van der Waals surface area contributed by atoms with E-state index in [2.05, 4.69) is 4.72 Å². The number of rotatable bonds is 3. The van der Waals surface area contributed by atoms with E-state index in [1.54, 1.807) is 0 Å². The third kappa shape index (κ3) is 3.00. The maximum absolute atomic E-state index is 13.1. The van der Waals surface area contributed by atoms with Gasteiger partial charge < -0.3 is 5.73 Å². The molecular weight excluding hydrogens is 310 g/mol. The molecule has 2 rings (SSSR count). The number of halogens is 3. The van der Waals surface area contributed by atoms with Crippen molar-refractivity contribution >= 4 is 33.0 Å². The number of nitrogens with one attached hydrogen (secondary N) is 1. The summed E-state index contributed by atoms with van der Waals surface area (Å²) in [6, 6.07) is 6.11. The molecule has 0 heterocycles. The van der Waals surface area contributed by atoms with Crippen LogP contribution in [0, 0.1) is 11.6 Å².